The number of hydrogen-bond donors (Lipinski definition) is 2. The number of rotatable bonds is 7. The van der Waals surface area contributed by atoms with E-state index in [0.717, 1.165) is 21.7 Å². The summed E-state index contributed by atoms with van der Waals surface area (Å²) in [5.74, 6) is -0.215. The van der Waals surface area contributed by atoms with E-state index >= 15 is 0 Å². The van der Waals surface area contributed by atoms with Crippen LogP contribution in [0, 0.1) is 0 Å². The molecule has 1 fully saturated rings. The summed E-state index contributed by atoms with van der Waals surface area (Å²) in [5.41, 5.74) is 1.44. The highest BCUT2D eigenvalue weighted by Crippen LogP contribution is 2.29. The van der Waals surface area contributed by atoms with E-state index in [1.807, 2.05) is 12.1 Å². The molecule has 29 heavy (non-hydrogen) atoms. The summed E-state index contributed by atoms with van der Waals surface area (Å²) in [4.78, 5) is 22.3. The summed E-state index contributed by atoms with van der Waals surface area (Å²) in [6, 6.07) is 7.74. The number of thiophene rings is 1. The average molecular weight is 452 g/mol. The van der Waals surface area contributed by atoms with Crippen molar-refractivity contribution < 1.29 is 13.2 Å². The molecular weight excluding hydrogens is 434 g/mol. The van der Waals surface area contributed by atoms with Crippen molar-refractivity contribution in [3.8, 4) is 0 Å². The van der Waals surface area contributed by atoms with E-state index in [1.165, 1.54) is 6.07 Å². The van der Waals surface area contributed by atoms with Gasteiger partial charge in [-0.05, 0) is 36.8 Å². The van der Waals surface area contributed by atoms with Gasteiger partial charge in [-0.1, -0.05) is 11.6 Å². The molecule has 4 heterocycles. The van der Waals surface area contributed by atoms with Crippen LogP contribution in [0.5, 0.6) is 0 Å². The van der Waals surface area contributed by atoms with Crippen molar-refractivity contribution in [2.45, 2.75) is 16.7 Å². The van der Waals surface area contributed by atoms with Gasteiger partial charge in [-0.15, -0.1) is 11.3 Å². The first kappa shape index (κ1) is 20.0. The second-order valence-corrected chi connectivity index (χ2v) is 9.95. The van der Waals surface area contributed by atoms with Crippen LogP contribution < -0.4 is 10.0 Å². The van der Waals surface area contributed by atoms with Crippen LogP contribution in [-0.2, 0) is 14.8 Å². The molecule has 1 amide bonds. The number of amides is 1. The molecule has 2 N–H and O–H groups in total. The Bertz CT molecular complexity index is 1140. The van der Waals surface area contributed by atoms with Crippen LogP contribution >= 0.6 is 22.9 Å². The molecule has 8 nitrogen and oxygen atoms in total. The molecule has 0 bridgehead atoms. The van der Waals surface area contributed by atoms with Gasteiger partial charge in [0.15, 0.2) is 0 Å². The topological polar surface area (TPSA) is 104 Å². The zero-order chi connectivity index (χ0) is 20.4. The molecule has 0 aliphatic carbocycles. The van der Waals surface area contributed by atoms with Crippen LogP contribution in [0.2, 0.25) is 5.15 Å². The van der Waals surface area contributed by atoms with Gasteiger partial charge in [0.2, 0.25) is 5.91 Å². The third-order valence-electron chi connectivity index (χ3n) is 4.57. The van der Waals surface area contributed by atoms with Gasteiger partial charge in [0.05, 0.1) is 10.2 Å². The molecule has 3 aromatic rings. The number of likely N-dealkylation sites (tertiary alicyclic amines) is 1. The molecule has 3 aromatic heterocycles. The lowest BCUT2D eigenvalue weighted by molar-refractivity contribution is -0.128. The van der Waals surface area contributed by atoms with Gasteiger partial charge in [0.25, 0.3) is 10.0 Å². The van der Waals surface area contributed by atoms with E-state index in [2.05, 4.69) is 20.0 Å². The minimum absolute atomic E-state index is 0.118. The molecule has 0 saturated carbocycles. The molecule has 0 unspecified atom stereocenters. The standard InChI is InChI=1S/C18H18ClN5O3S2/c19-16-2-1-15-14(22-16)11-17(28-15)29(26,27)23-13-5-9-24(18(13)25)10-8-21-12-3-6-20-7-4-12/h1-4,6-7,11,13,23H,5,8-10H2,(H,20,21)/t13-/m0/s1. The van der Waals surface area contributed by atoms with E-state index in [9.17, 15) is 13.2 Å². The molecule has 1 atom stereocenters. The second kappa shape index (κ2) is 8.23. The Labute approximate surface area is 177 Å². The van der Waals surface area contributed by atoms with Crippen molar-refractivity contribution in [1.82, 2.24) is 19.6 Å². The number of halogens is 1. The summed E-state index contributed by atoms with van der Waals surface area (Å²) < 4.78 is 28.9. The van der Waals surface area contributed by atoms with E-state index in [4.69, 9.17) is 11.6 Å². The lowest BCUT2D eigenvalue weighted by Gasteiger charge is -2.17. The highest BCUT2D eigenvalue weighted by Gasteiger charge is 2.35. The Morgan fingerprint density at radius 1 is 1.24 bits per heavy atom. The van der Waals surface area contributed by atoms with E-state index < -0.39 is 16.1 Å². The fraction of sp³-hybridized carbons (Fsp3) is 0.278. The first-order valence-electron chi connectivity index (χ1n) is 8.93. The maximum atomic E-state index is 12.7. The molecule has 1 saturated heterocycles. The summed E-state index contributed by atoms with van der Waals surface area (Å²) in [6.45, 7) is 1.57. The van der Waals surface area contributed by atoms with Crippen LogP contribution in [0.1, 0.15) is 6.42 Å². The van der Waals surface area contributed by atoms with Crippen LogP contribution in [-0.4, -0.2) is 54.9 Å². The minimum Gasteiger partial charge on any atom is -0.383 e. The van der Waals surface area contributed by atoms with Gasteiger partial charge in [-0.2, -0.15) is 4.72 Å². The number of aromatic nitrogens is 2. The van der Waals surface area contributed by atoms with Crippen molar-refractivity contribution in [3.05, 3.63) is 47.9 Å². The number of nitrogens with zero attached hydrogens (tertiary/aromatic N) is 3. The highest BCUT2D eigenvalue weighted by atomic mass is 35.5. The zero-order valence-electron chi connectivity index (χ0n) is 15.2. The Kier molecular flexibility index (Phi) is 5.68. The number of fused-ring (bicyclic) bond motifs is 1. The molecule has 1 aliphatic rings. The molecule has 0 radical (unpaired) electrons. The van der Waals surface area contributed by atoms with Crippen molar-refractivity contribution >= 4 is 54.8 Å². The fourth-order valence-corrected chi connectivity index (χ4v) is 5.84. The van der Waals surface area contributed by atoms with Gasteiger partial charge >= 0.3 is 0 Å². The van der Waals surface area contributed by atoms with Gasteiger partial charge in [-0.3, -0.25) is 9.78 Å². The lowest BCUT2D eigenvalue weighted by atomic mass is 10.3. The first-order valence-corrected chi connectivity index (χ1v) is 11.6. The summed E-state index contributed by atoms with van der Waals surface area (Å²) >= 11 is 6.96. The molecule has 4 rings (SSSR count). The van der Waals surface area contributed by atoms with E-state index in [0.29, 0.717) is 36.7 Å². The summed E-state index contributed by atoms with van der Waals surface area (Å²) in [5, 5.41) is 3.51. The fourth-order valence-electron chi connectivity index (χ4n) is 3.13. The van der Waals surface area contributed by atoms with Crippen molar-refractivity contribution in [2.24, 2.45) is 0 Å². The van der Waals surface area contributed by atoms with Gasteiger partial charge in [0.1, 0.15) is 15.4 Å². The second-order valence-electron chi connectivity index (χ2n) is 6.53. The minimum atomic E-state index is -3.82. The maximum Gasteiger partial charge on any atom is 0.250 e. The van der Waals surface area contributed by atoms with Crippen molar-refractivity contribution in [3.63, 3.8) is 0 Å². The van der Waals surface area contributed by atoms with Crippen molar-refractivity contribution in [1.29, 1.82) is 0 Å². The third-order valence-corrected chi connectivity index (χ3v) is 7.81. The zero-order valence-corrected chi connectivity index (χ0v) is 17.6. The lowest BCUT2D eigenvalue weighted by Crippen LogP contribution is -2.42. The first-order chi connectivity index (χ1) is 13.9. The highest BCUT2D eigenvalue weighted by molar-refractivity contribution is 7.91. The number of anilines is 1. The normalized spacial score (nSPS) is 17.2. The predicted octanol–water partition coefficient (Wildman–Crippen LogP) is 2.34. The molecule has 152 valence electrons. The Hall–Kier alpha value is -2.27. The molecular formula is C18H18ClN5O3S2. The summed E-state index contributed by atoms with van der Waals surface area (Å²) in [6.07, 6.45) is 3.81. The van der Waals surface area contributed by atoms with Crippen LogP contribution in [0.25, 0.3) is 10.2 Å². The Morgan fingerprint density at radius 2 is 2.03 bits per heavy atom. The number of carbonyl (C=O) groups is 1. The van der Waals surface area contributed by atoms with E-state index in [-0.39, 0.29) is 10.1 Å². The van der Waals surface area contributed by atoms with Crippen LogP contribution in [0.3, 0.4) is 0 Å². The van der Waals surface area contributed by atoms with Crippen molar-refractivity contribution in [2.75, 3.05) is 25.0 Å². The maximum absolute atomic E-state index is 12.7. The van der Waals surface area contributed by atoms with E-state index in [1.54, 1.807) is 29.4 Å². The molecule has 0 aromatic carbocycles. The largest absolute Gasteiger partial charge is 0.383 e. The predicted molar refractivity (Wildman–Crippen MR) is 113 cm³/mol. The number of carbonyl (C=O) groups excluding carboxylic acids is 1. The smallest absolute Gasteiger partial charge is 0.250 e. The van der Waals surface area contributed by atoms with Crippen LogP contribution in [0.4, 0.5) is 5.69 Å². The SMILES string of the molecule is O=C1[C@@H](NS(=O)(=O)c2cc3nc(Cl)ccc3s2)CCN1CCNc1ccncc1. The quantitative estimate of drug-likeness (QED) is 0.534. The number of sulfonamides is 1. The average Bonchev–Trinajstić information content (AvgIpc) is 3.27. The third kappa shape index (κ3) is 4.50. The molecule has 11 heteroatoms. The van der Waals surface area contributed by atoms with Gasteiger partial charge < -0.3 is 10.2 Å². The number of hydrogen-bond acceptors (Lipinski definition) is 7. The number of pyridine rings is 2. The molecule has 1 aliphatic heterocycles. The van der Waals surface area contributed by atoms with Crippen LogP contribution in [0.15, 0.2) is 46.9 Å². The Morgan fingerprint density at radius 3 is 2.83 bits per heavy atom. The summed E-state index contributed by atoms with van der Waals surface area (Å²) in [7, 11) is -3.82. The number of nitrogens with one attached hydrogen (secondary N) is 2. The van der Waals surface area contributed by atoms with Gasteiger partial charge in [0, 0.05) is 37.7 Å². The van der Waals surface area contributed by atoms with Gasteiger partial charge in [-0.25, -0.2) is 13.4 Å². The molecule has 0 spiro atoms. The monoisotopic (exact) mass is 451 g/mol. The Balaban J connectivity index is 1.38.